The van der Waals surface area contributed by atoms with Gasteiger partial charge in [0, 0.05) is 6.42 Å². The average Bonchev–Trinajstić information content (AvgIpc) is 1.35. The van der Waals surface area contributed by atoms with Gasteiger partial charge >= 0.3 is 0 Å². The van der Waals surface area contributed by atoms with Crippen molar-refractivity contribution >= 4 is 45.2 Å². The van der Waals surface area contributed by atoms with Crippen molar-refractivity contribution in [2.24, 2.45) is 0 Å². The van der Waals surface area contributed by atoms with E-state index in [0.717, 1.165) is 0 Å². The maximum absolute atomic E-state index is 11.2. The average molecular weight is 313 g/mol. The van der Waals surface area contributed by atoms with E-state index in [1.165, 1.54) is 0 Å². The Kier molecular flexibility index (Phi) is 5.60. The third-order valence-corrected chi connectivity index (χ3v) is 1.28. The molecule has 6 heavy (non-hydrogen) atoms. The van der Waals surface area contributed by atoms with Crippen molar-refractivity contribution in [3.8, 4) is 0 Å². The van der Waals surface area contributed by atoms with Gasteiger partial charge in [0.1, 0.15) is 0 Å². The summed E-state index contributed by atoms with van der Waals surface area (Å²) in [7, 11) is 0. The molecule has 0 aliphatic carbocycles. The van der Waals surface area contributed by atoms with Crippen molar-refractivity contribution < 1.29 is 4.39 Å². The molecular formula is C3H4FI2. The fourth-order valence-corrected chi connectivity index (χ4v) is 0.452. The first-order chi connectivity index (χ1) is 2.77. The summed E-state index contributed by atoms with van der Waals surface area (Å²) in [5.41, 5.74) is 0. The summed E-state index contributed by atoms with van der Waals surface area (Å²) in [5, 5.41) is 0. The Labute approximate surface area is 64.2 Å². The predicted octanol–water partition coefficient (Wildman–Crippen LogP) is 2.36. The van der Waals surface area contributed by atoms with Gasteiger partial charge in [-0.1, -0.05) is 45.2 Å². The third kappa shape index (κ3) is 5.39. The highest BCUT2D eigenvalue weighted by Gasteiger charge is 1.92. The van der Waals surface area contributed by atoms with Gasteiger partial charge in [0.25, 0.3) is 0 Å². The van der Waals surface area contributed by atoms with Crippen molar-refractivity contribution in [1.29, 1.82) is 0 Å². The number of halogens is 3. The lowest BCUT2D eigenvalue weighted by Gasteiger charge is -1.89. The van der Waals surface area contributed by atoms with Crippen molar-refractivity contribution in [2.45, 2.75) is 1.93 Å². The van der Waals surface area contributed by atoms with Gasteiger partial charge in [-0.2, -0.15) is 0 Å². The Morgan fingerprint density at radius 2 is 2.17 bits per heavy atom. The van der Waals surface area contributed by atoms with E-state index in [9.17, 15) is 4.39 Å². The molecule has 1 radical (unpaired) electrons. The van der Waals surface area contributed by atoms with Gasteiger partial charge < -0.3 is 0 Å². The zero-order valence-electron chi connectivity index (χ0n) is 3.00. The molecule has 0 aliphatic rings. The van der Waals surface area contributed by atoms with Crippen LogP contribution in [0.25, 0.3) is 0 Å². The van der Waals surface area contributed by atoms with Crippen LogP contribution in [0, 0.1) is 6.42 Å². The molecular weight excluding hydrogens is 309 g/mol. The van der Waals surface area contributed by atoms with E-state index in [0.29, 0.717) is 1.93 Å². The molecule has 0 nitrogen and oxygen atoms in total. The van der Waals surface area contributed by atoms with Gasteiger partial charge in [-0.05, 0) is 0 Å². The minimum Gasteiger partial charge on any atom is -0.251 e. The summed E-state index contributed by atoms with van der Waals surface area (Å²) in [6.45, 7) is -0.309. The van der Waals surface area contributed by atoms with Crippen LogP contribution < -0.4 is 0 Å². The molecule has 3 heteroatoms. The quantitative estimate of drug-likeness (QED) is 0.542. The van der Waals surface area contributed by atoms with Crippen LogP contribution in [0.4, 0.5) is 4.39 Å². The van der Waals surface area contributed by atoms with Crippen molar-refractivity contribution in [3.63, 3.8) is 0 Å². The summed E-state index contributed by atoms with van der Waals surface area (Å²) in [4.78, 5) is 0. The molecule has 0 spiro atoms. The van der Waals surface area contributed by atoms with Crippen LogP contribution in [0.3, 0.4) is 0 Å². The van der Waals surface area contributed by atoms with E-state index in [1.807, 2.05) is 0 Å². The number of hydrogen-bond acceptors (Lipinski definition) is 0. The molecule has 0 aromatic heterocycles. The highest BCUT2D eigenvalue weighted by atomic mass is 127. The maximum atomic E-state index is 11.2. The molecule has 0 aromatic rings. The Hall–Kier alpha value is 1.39. The van der Waals surface area contributed by atoms with Gasteiger partial charge in [-0.3, -0.25) is 4.39 Å². The van der Waals surface area contributed by atoms with E-state index >= 15 is 0 Å². The fraction of sp³-hybridized carbons (Fsp3) is 0.667. The first kappa shape index (κ1) is 7.39. The highest BCUT2D eigenvalue weighted by Crippen LogP contribution is 2.12. The van der Waals surface area contributed by atoms with Crippen molar-refractivity contribution in [3.05, 3.63) is 6.42 Å². The van der Waals surface area contributed by atoms with Crippen LogP contribution >= 0.6 is 45.2 Å². The number of hydrogen-bond donors (Lipinski definition) is 0. The van der Waals surface area contributed by atoms with E-state index in [1.54, 1.807) is 6.42 Å². The van der Waals surface area contributed by atoms with Gasteiger partial charge in [0.05, 0.1) is 8.61 Å². The molecule has 0 saturated carbocycles. The van der Waals surface area contributed by atoms with Gasteiger partial charge in [0.15, 0.2) is 0 Å². The Morgan fingerprint density at radius 1 is 1.67 bits per heavy atom. The largest absolute Gasteiger partial charge is 0.251 e. The summed E-state index contributed by atoms with van der Waals surface area (Å²) in [6, 6.07) is 0. The topological polar surface area (TPSA) is 0 Å². The predicted molar refractivity (Wildman–Crippen MR) is 42.1 cm³/mol. The second kappa shape index (κ2) is 4.55. The van der Waals surface area contributed by atoms with Crippen LogP contribution in [-0.4, -0.2) is 8.61 Å². The molecule has 0 rings (SSSR count). The van der Waals surface area contributed by atoms with E-state index < -0.39 is 0 Å². The first-order valence-corrected chi connectivity index (χ1v) is 3.94. The molecule has 0 heterocycles. The molecule has 0 aromatic carbocycles. The SMILES string of the molecule is FC[CH]C(I)I. The Balaban J connectivity index is 2.63. The van der Waals surface area contributed by atoms with Crippen molar-refractivity contribution in [1.82, 2.24) is 0 Å². The Bertz CT molecular complexity index is 30.0. The smallest absolute Gasteiger partial charge is 0.0944 e. The monoisotopic (exact) mass is 313 g/mol. The third-order valence-electron chi connectivity index (χ3n) is 0.267. The van der Waals surface area contributed by atoms with Crippen LogP contribution in [0.15, 0.2) is 0 Å². The Morgan fingerprint density at radius 3 is 2.17 bits per heavy atom. The summed E-state index contributed by atoms with van der Waals surface area (Å²) in [6.07, 6.45) is 1.60. The molecule has 0 fully saturated rings. The van der Waals surface area contributed by atoms with Crippen LogP contribution in [0.1, 0.15) is 0 Å². The number of rotatable bonds is 2. The van der Waals surface area contributed by atoms with Gasteiger partial charge in [0.2, 0.25) is 0 Å². The summed E-state index contributed by atoms with van der Waals surface area (Å²) >= 11 is 4.27. The number of alkyl halides is 3. The van der Waals surface area contributed by atoms with Gasteiger partial charge in [-0.15, -0.1) is 0 Å². The first-order valence-electron chi connectivity index (χ1n) is 1.45. The molecule has 0 bridgehead atoms. The van der Waals surface area contributed by atoms with Crippen molar-refractivity contribution in [2.75, 3.05) is 6.67 Å². The van der Waals surface area contributed by atoms with Crippen LogP contribution in [0.2, 0.25) is 0 Å². The zero-order chi connectivity index (χ0) is 4.99. The van der Waals surface area contributed by atoms with E-state index in [-0.39, 0.29) is 6.67 Å². The summed E-state index contributed by atoms with van der Waals surface area (Å²) in [5.74, 6) is 0. The lowest BCUT2D eigenvalue weighted by atomic mass is 10.6. The molecule has 0 amide bonds. The standard InChI is InChI=1S/C3H4FI2/c4-2-1-3(5)6/h1,3H,2H2. The fourth-order valence-electron chi connectivity index (χ4n) is 0.0673. The lowest BCUT2D eigenvalue weighted by Crippen LogP contribution is -1.85. The lowest BCUT2D eigenvalue weighted by molar-refractivity contribution is 0.540. The molecule has 37 valence electrons. The van der Waals surface area contributed by atoms with E-state index in [4.69, 9.17) is 0 Å². The van der Waals surface area contributed by atoms with Crippen LogP contribution in [-0.2, 0) is 0 Å². The van der Waals surface area contributed by atoms with Crippen LogP contribution in [0.5, 0.6) is 0 Å². The second-order valence-electron chi connectivity index (χ2n) is 0.724. The summed E-state index contributed by atoms with van der Waals surface area (Å²) < 4.78 is 11.5. The van der Waals surface area contributed by atoms with Gasteiger partial charge in [-0.25, -0.2) is 0 Å². The second-order valence-corrected chi connectivity index (χ2v) is 5.79. The zero-order valence-corrected chi connectivity index (χ0v) is 7.31. The highest BCUT2D eigenvalue weighted by molar-refractivity contribution is 14.2. The molecule has 0 saturated heterocycles. The molecule has 0 unspecified atom stereocenters. The normalized spacial score (nSPS) is 10.0. The minimum atomic E-state index is -0.309. The maximum Gasteiger partial charge on any atom is 0.0944 e. The van der Waals surface area contributed by atoms with E-state index in [2.05, 4.69) is 45.2 Å². The molecule has 0 aliphatic heterocycles. The molecule has 0 atom stereocenters. The molecule has 0 N–H and O–H groups in total. The minimum absolute atomic E-state index is 0.309.